The predicted octanol–water partition coefficient (Wildman–Crippen LogP) is 4.50. The van der Waals surface area contributed by atoms with Crippen LogP contribution in [0.25, 0.3) is 21.8 Å². The Hall–Kier alpha value is -2.18. The SMILES string of the molecule is Cc1ccc(S(=O)(=O)n2c3ccncc3c3c(Br)cccc32)cc1. The Balaban J connectivity index is 2.16. The molecular formula is C18H13BrN2O2S. The molecule has 0 fully saturated rings. The fraction of sp³-hybridized carbons (Fsp3) is 0.0556. The van der Waals surface area contributed by atoms with Gasteiger partial charge in [-0.1, -0.05) is 39.7 Å². The topological polar surface area (TPSA) is 52.0 Å². The first-order chi connectivity index (χ1) is 11.5. The van der Waals surface area contributed by atoms with Crippen LogP contribution in [0, 0.1) is 6.92 Å². The van der Waals surface area contributed by atoms with Crippen LogP contribution >= 0.6 is 15.9 Å². The van der Waals surface area contributed by atoms with Crippen molar-refractivity contribution in [1.29, 1.82) is 0 Å². The zero-order chi connectivity index (χ0) is 16.9. The molecule has 4 nitrogen and oxygen atoms in total. The van der Waals surface area contributed by atoms with E-state index in [-0.39, 0.29) is 4.90 Å². The number of benzene rings is 2. The molecule has 0 saturated heterocycles. The van der Waals surface area contributed by atoms with Gasteiger partial charge in [0.1, 0.15) is 0 Å². The van der Waals surface area contributed by atoms with E-state index >= 15 is 0 Å². The lowest BCUT2D eigenvalue weighted by atomic mass is 10.2. The van der Waals surface area contributed by atoms with E-state index in [1.54, 1.807) is 42.7 Å². The molecule has 0 unspecified atom stereocenters. The monoisotopic (exact) mass is 400 g/mol. The van der Waals surface area contributed by atoms with Crippen LogP contribution in [0.1, 0.15) is 5.56 Å². The highest BCUT2D eigenvalue weighted by atomic mass is 79.9. The van der Waals surface area contributed by atoms with E-state index in [0.717, 1.165) is 20.8 Å². The normalized spacial score (nSPS) is 12.1. The minimum atomic E-state index is -3.71. The zero-order valence-corrected chi connectivity index (χ0v) is 15.2. The highest BCUT2D eigenvalue weighted by molar-refractivity contribution is 9.10. The third kappa shape index (κ3) is 2.17. The van der Waals surface area contributed by atoms with E-state index in [1.165, 1.54) is 3.97 Å². The van der Waals surface area contributed by atoms with Crippen molar-refractivity contribution < 1.29 is 8.42 Å². The maximum absolute atomic E-state index is 13.3. The van der Waals surface area contributed by atoms with Gasteiger partial charge in [-0.3, -0.25) is 4.98 Å². The van der Waals surface area contributed by atoms with E-state index in [2.05, 4.69) is 20.9 Å². The summed E-state index contributed by atoms with van der Waals surface area (Å²) in [5.41, 5.74) is 2.27. The summed E-state index contributed by atoms with van der Waals surface area (Å²) in [7, 11) is -3.71. The summed E-state index contributed by atoms with van der Waals surface area (Å²) in [6, 6.07) is 14.2. The van der Waals surface area contributed by atoms with Crippen LogP contribution in [0.5, 0.6) is 0 Å². The maximum atomic E-state index is 13.3. The quantitative estimate of drug-likeness (QED) is 0.497. The molecule has 0 radical (unpaired) electrons. The molecule has 2 aromatic carbocycles. The molecule has 4 aromatic rings. The Morgan fingerprint density at radius 1 is 1.00 bits per heavy atom. The van der Waals surface area contributed by atoms with Crippen molar-refractivity contribution in [3.05, 3.63) is 71.0 Å². The molecule has 0 bridgehead atoms. The van der Waals surface area contributed by atoms with E-state index in [1.807, 2.05) is 25.1 Å². The van der Waals surface area contributed by atoms with Gasteiger partial charge < -0.3 is 0 Å². The van der Waals surface area contributed by atoms with E-state index in [0.29, 0.717) is 11.0 Å². The predicted molar refractivity (Wildman–Crippen MR) is 98.7 cm³/mol. The summed E-state index contributed by atoms with van der Waals surface area (Å²) in [5, 5.41) is 1.65. The Morgan fingerprint density at radius 2 is 1.75 bits per heavy atom. The lowest BCUT2D eigenvalue weighted by Gasteiger charge is -2.09. The number of aromatic nitrogens is 2. The number of rotatable bonds is 2. The summed E-state index contributed by atoms with van der Waals surface area (Å²) in [6.07, 6.45) is 3.31. The van der Waals surface area contributed by atoms with Crippen LogP contribution < -0.4 is 0 Å². The van der Waals surface area contributed by atoms with Gasteiger partial charge in [-0.15, -0.1) is 0 Å². The van der Waals surface area contributed by atoms with Crippen LogP contribution in [0.3, 0.4) is 0 Å². The number of halogens is 1. The van der Waals surface area contributed by atoms with Gasteiger partial charge in [0.05, 0.1) is 15.9 Å². The molecule has 0 atom stereocenters. The highest BCUT2D eigenvalue weighted by Gasteiger charge is 2.23. The van der Waals surface area contributed by atoms with Gasteiger partial charge in [0, 0.05) is 27.6 Å². The third-order valence-electron chi connectivity index (χ3n) is 4.06. The average Bonchev–Trinajstić information content (AvgIpc) is 2.91. The van der Waals surface area contributed by atoms with Gasteiger partial charge in [0.2, 0.25) is 0 Å². The second-order valence-corrected chi connectivity index (χ2v) is 8.25. The van der Waals surface area contributed by atoms with Crippen molar-refractivity contribution >= 4 is 47.8 Å². The first-order valence-electron chi connectivity index (χ1n) is 7.35. The van der Waals surface area contributed by atoms with Gasteiger partial charge in [0.15, 0.2) is 0 Å². The van der Waals surface area contributed by atoms with Gasteiger partial charge >= 0.3 is 0 Å². The number of fused-ring (bicyclic) bond motifs is 3. The van der Waals surface area contributed by atoms with Gasteiger partial charge in [-0.2, -0.15) is 0 Å². The molecule has 0 aliphatic heterocycles. The van der Waals surface area contributed by atoms with E-state index in [9.17, 15) is 8.42 Å². The molecule has 0 aliphatic carbocycles. The molecule has 0 spiro atoms. The van der Waals surface area contributed by atoms with Crippen LogP contribution in [0.15, 0.2) is 70.3 Å². The number of pyridine rings is 1. The number of hydrogen-bond donors (Lipinski definition) is 0. The van der Waals surface area contributed by atoms with Crippen LogP contribution in [-0.4, -0.2) is 17.4 Å². The number of aryl methyl sites for hydroxylation is 1. The minimum absolute atomic E-state index is 0.267. The first kappa shape index (κ1) is 15.4. The van der Waals surface area contributed by atoms with Crippen molar-refractivity contribution in [3.63, 3.8) is 0 Å². The zero-order valence-electron chi connectivity index (χ0n) is 12.8. The smallest absolute Gasteiger partial charge is 0.264 e. The third-order valence-corrected chi connectivity index (χ3v) is 6.46. The standard InChI is InChI=1S/C18H13BrN2O2S/c1-12-5-7-13(8-6-12)24(22,23)21-16-9-10-20-11-14(16)18-15(19)3-2-4-17(18)21/h2-11H,1H3. The summed E-state index contributed by atoms with van der Waals surface area (Å²) < 4.78 is 28.8. The van der Waals surface area contributed by atoms with Gasteiger partial charge in [0.25, 0.3) is 10.0 Å². The Kier molecular flexibility index (Phi) is 3.47. The van der Waals surface area contributed by atoms with Crippen LogP contribution in [0.2, 0.25) is 0 Å². The number of nitrogens with zero attached hydrogens (tertiary/aromatic N) is 2. The van der Waals surface area contributed by atoms with Crippen molar-refractivity contribution in [2.75, 3.05) is 0 Å². The summed E-state index contributed by atoms with van der Waals surface area (Å²) in [5.74, 6) is 0. The molecule has 2 aromatic heterocycles. The second-order valence-electron chi connectivity index (χ2n) is 5.61. The largest absolute Gasteiger partial charge is 0.268 e. The van der Waals surface area contributed by atoms with E-state index in [4.69, 9.17) is 0 Å². The molecule has 0 amide bonds. The molecule has 0 saturated carbocycles. The second kappa shape index (κ2) is 5.43. The Labute approximate surface area is 147 Å². The Bertz CT molecular complexity index is 1180. The summed E-state index contributed by atoms with van der Waals surface area (Å²) in [6.45, 7) is 1.93. The minimum Gasteiger partial charge on any atom is -0.264 e. The van der Waals surface area contributed by atoms with Crippen molar-refractivity contribution in [2.24, 2.45) is 0 Å². The van der Waals surface area contributed by atoms with E-state index < -0.39 is 10.0 Å². The van der Waals surface area contributed by atoms with Gasteiger partial charge in [-0.05, 0) is 37.3 Å². The average molecular weight is 401 g/mol. The van der Waals surface area contributed by atoms with Crippen molar-refractivity contribution in [1.82, 2.24) is 8.96 Å². The highest BCUT2D eigenvalue weighted by Crippen LogP contribution is 2.36. The molecular weight excluding hydrogens is 388 g/mol. The first-order valence-corrected chi connectivity index (χ1v) is 9.58. The Morgan fingerprint density at radius 3 is 2.50 bits per heavy atom. The van der Waals surface area contributed by atoms with Gasteiger partial charge in [-0.25, -0.2) is 12.4 Å². The van der Waals surface area contributed by atoms with Crippen molar-refractivity contribution in [3.8, 4) is 0 Å². The molecule has 0 N–H and O–H groups in total. The molecule has 6 heteroatoms. The fourth-order valence-electron chi connectivity index (χ4n) is 2.91. The molecule has 2 heterocycles. The fourth-order valence-corrected chi connectivity index (χ4v) is 5.00. The molecule has 0 aliphatic rings. The van der Waals surface area contributed by atoms with Crippen LogP contribution in [-0.2, 0) is 10.0 Å². The molecule has 4 rings (SSSR count). The summed E-state index contributed by atoms with van der Waals surface area (Å²) >= 11 is 3.53. The van der Waals surface area contributed by atoms with Crippen molar-refractivity contribution in [2.45, 2.75) is 11.8 Å². The van der Waals surface area contributed by atoms with Crippen LogP contribution in [0.4, 0.5) is 0 Å². The molecule has 120 valence electrons. The summed E-state index contributed by atoms with van der Waals surface area (Å²) in [4.78, 5) is 4.42. The lowest BCUT2D eigenvalue weighted by molar-refractivity contribution is 0.590. The maximum Gasteiger partial charge on any atom is 0.268 e. The number of hydrogen-bond acceptors (Lipinski definition) is 3. The molecule has 24 heavy (non-hydrogen) atoms. The lowest BCUT2D eigenvalue weighted by Crippen LogP contribution is -2.12.